The monoisotopic (exact) mass is 338 g/mol. The number of sulfonamides is 1. The maximum absolute atomic E-state index is 12.1. The summed E-state index contributed by atoms with van der Waals surface area (Å²) in [6.07, 6.45) is 6.74. The molecular weight excluding hydrogens is 312 g/mol. The Labute approximate surface area is 139 Å². The van der Waals surface area contributed by atoms with Crippen molar-refractivity contribution >= 4 is 15.7 Å². The second-order valence-corrected chi connectivity index (χ2v) is 7.73. The largest absolute Gasteiger partial charge is 0.497 e. The molecule has 0 fully saturated rings. The first-order valence-electron chi connectivity index (χ1n) is 8.12. The van der Waals surface area contributed by atoms with Crippen LogP contribution in [0.4, 0.5) is 5.69 Å². The third kappa shape index (κ3) is 6.23. The van der Waals surface area contributed by atoms with Crippen LogP contribution in [0.5, 0.6) is 0 Å². The van der Waals surface area contributed by atoms with Gasteiger partial charge in [0, 0.05) is 11.7 Å². The van der Waals surface area contributed by atoms with Crippen LogP contribution in [0.15, 0.2) is 36.6 Å². The molecule has 6 heteroatoms. The molecule has 5 nitrogen and oxygen atoms in total. The molecule has 2 atom stereocenters. The highest BCUT2D eigenvalue weighted by Crippen LogP contribution is 2.15. The number of hydrogen-bond acceptors (Lipinski definition) is 4. The van der Waals surface area contributed by atoms with Crippen molar-refractivity contribution in [2.75, 3.05) is 11.9 Å². The lowest BCUT2D eigenvalue weighted by Gasteiger charge is -2.20. The first-order valence-corrected chi connectivity index (χ1v) is 9.77. The van der Waals surface area contributed by atoms with Gasteiger partial charge in [-0.05, 0) is 50.0 Å². The van der Waals surface area contributed by atoms with E-state index in [1.54, 1.807) is 6.26 Å². The summed E-state index contributed by atoms with van der Waals surface area (Å²) < 4.78 is 32.5. The zero-order valence-electron chi connectivity index (χ0n) is 13.8. The van der Waals surface area contributed by atoms with Gasteiger partial charge in [-0.3, -0.25) is 0 Å². The van der Waals surface area contributed by atoms with Gasteiger partial charge in [0.2, 0.25) is 10.0 Å². The van der Waals surface area contributed by atoms with E-state index in [0.29, 0.717) is 6.54 Å². The molecule has 1 aromatic carbocycles. The Morgan fingerprint density at radius 2 is 2.22 bits per heavy atom. The average Bonchev–Trinajstić information content (AvgIpc) is 2.53. The molecular formula is C17H26N2O3S. The minimum Gasteiger partial charge on any atom is -0.497 e. The van der Waals surface area contributed by atoms with Gasteiger partial charge < -0.3 is 10.1 Å². The summed E-state index contributed by atoms with van der Waals surface area (Å²) in [6.45, 7) is 4.54. The van der Waals surface area contributed by atoms with Crippen LogP contribution in [0.3, 0.4) is 0 Å². The summed E-state index contributed by atoms with van der Waals surface area (Å²) in [5, 5.41) is 3.32. The molecule has 0 radical (unpaired) electrons. The van der Waals surface area contributed by atoms with E-state index >= 15 is 0 Å². The van der Waals surface area contributed by atoms with Gasteiger partial charge in [0.25, 0.3) is 0 Å². The van der Waals surface area contributed by atoms with Gasteiger partial charge in [-0.15, -0.1) is 0 Å². The second kappa shape index (κ2) is 8.36. The molecule has 23 heavy (non-hydrogen) atoms. The SMILES string of the molecule is CC[C@@H](C)NS(=O)(=O)Cc1cccc(NC[C@@H]2CCC=CO2)c1. The number of anilines is 1. The zero-order valence-corrected chi connectivity index (χ0v) is 14.6. The van der Waals surface area contributed by atoms with Crippen molar-refractivity contribution in [1.29, 1.82) is 0 Å². The van der Waals surface area contributed by atoms with Crippen molar-refractivity contribution in [3.63, 3.8) is 0 Å². The highest BCUT2D eigenvalue weighted by molar-refractivity contribution is 7.88. The Kier molecular flexibility index (Phi) is 6.47. The predicted octanol–water partition coefficient (Wildman–Crippen LogP) is 3.01. The molecule has 0 amide bonds. The fourth-order valence-corrected chi connectivity index (χ4v) is 3.87. The maximum Gasteiger partial charge on any atom is 0.216 e. The minimum absolute atomic E-state index is 0.00444. The van der Waals surface area contributed by atoms with E-state index in [2.05, 4.69) is 10.0 Å². The fourth-order valence-electron chi connectivity index (χ4n) is 2.39. The van der Waals surface area contributed by atoms with E-state index in [1.807, 2.05) is 44.2 Å². The first-order chi connectivity index (χ1) is 11.0. The summed E-state index contributed by atoms with van der Waals surface area (Å²) in [4.78, 5) is 0. The van der Waals surface area contributed by atoms with Crippen molar-refractivity contribution in [2.45, 2.75) is 51.0 Å². The van der Waals surface area contributed by atoms with Crippen LogP contribution in [-0.2, 0) is 20.5 Å². The van der Waals surface area contributed by atoms with Gasteiger partial charge in [-0.25, -0.2) is 13.1 Å². The number of benzene rings is 1. The molecule has 0 aliphatic carbocycles. The normalized spacial score (nSPS) is 19.1. The smallest absolute Gasteiger partial charge is 0.216 e. The van der Waals surface area contributed by atoms with Crippen LogP contribution in [-0.4, -0.2) is 27.1 Å². The Balaban J connectivity index is 1.92. The van der Waals surface area contributed by atoms with Gasteiger partial charge in [0.15, 0.2) is 0 Å². The third-order valence-electron chi connectivity index (χ3n) is 3.83. The van der Waals surface area contributed by atoms with Crippen LogP contribution in [0.1, 0.15) is 38.7 Å². The molecule has 1 aliphatic heterocycles. The van der Waals surface area contributed by atoms with Crippen LogP contribution in [0.2, 0.25) is 0 Å². The van der Waals surface area contributed by atoms with E-state index in [9.17, 15) is 8.42 Å². The lowest BCUT2D eigenvalue weighted by molar-refractivity contribution is 0.135. The predicted molar refractivity (Wildman–Crippen MR) is 93.7 cm³/mol. The Bertz CT molecular complexity index is 628. The molecule has 0 bridgehead atoms. The first kappa shape index (κ1) is 17.8. The van der Waals surface area contributed by atoms with Crippen molar-refractivity contribution in [2.24, 2.45) is 0 Å². The van der Waals surface area contributed by atoms with E-state index in [0.717, 1.165) is 30.5 Å². The van der Waals surface area contributed by atoms with Gasteiger partial charge in [-0.2, -0.15) is 0 Å². The summed E-state index contributed by atoms with van der Waals surface area (Å²) >= 11 is 0. The Morgan fingerprint density at radius 1 is 1.39 bits per heavy atom. The zero-order chi connectivity index (χ0) is 16.7. The average molecular weight is 338 g/mol. The Hall–Kier alpha value is -1.53. The molecule has 1 aliphatic rings. The molecule has 2 rings (SSSR count). The van der Waals surface area contributed by atoms with Crippen molar-refractivity contribution in [1.82, 2.24) is 4.72 Å². The van der Waals surface area contributed by atoms with Crippen molar-refractivity contribution < 1.29 is 13.2 Å². The number of rotatable bonds is 8. The van der Waals surface area contributed by atoms with Crippen molar-refractivity contribution in [3.8, 4) is 0 Å². The number of ether oxygens (including phenoxy) is 1. The summed E-state index contributed by atoms with van der Waals surface area (Å²) in [5.41, 5.74) is 1.69. The van der Waals surface area contributed by atoms with Crippen LogP contribution in [0.25, 0.3) is 0 Å². The molecule has 0 spiro atoms. The maximum atomic E-state index is 12.1. The van der Waals surface area contributed by atoms with E-state index in [4.69, 9.17) is 4.74 Å². The molecule has 0 saturated heterocycles. The molecule has 1 heterocycles. The molecule has 2 N–H and O–H groups in total. The summed E-state index contributed by atoms with van der Waals surface area (Å²) in [6, 6.07) is 7.49. The highest BCUT2D eigenvalue weighted by atomic mass is 32.2. The lowest BCUT2D eigenvalue weighted by atomic mass is 10.1. The van der Waals surface area contributed by atoms with Crippen LogP contribution < -0.4 is 10.0 Å². The van der Waals surface area contributed by atoms with Gasteiger partial charge in [-0.1, -0.05) is 19.1 Å². The Morgan fingerprint density at radius 3 is 2.91 bits per heavy atom. The minimum atomic E-state index is -3.31. The van der Waals surface area contributed by atoms with Crippen LogP contribution in [0, 0.1) is 0 Å². The quantitative estimate of drug-likeness (QED) is 0.764. The molecule has 0 aromatic heterocycles. The molecule has 0 unspecified atom stereocenters. The number of nitrogens with one attached hydrogen (secondary N) is 2. The van der Waals surface area contributed by atoms with Crippen LogP contribution >= 0.6 is 0 Å². The molecule has 128 valence electrons. The van der Waals surface area contributed by atoms with Crippen molar-refractivity contribution in [3.05, 3.63) is 42.2 Å². The fraction of sp³-hybridized carbons (Fsp3) is 0.529. The highest BCUT2D eigenvalue weighted by Gasteiger charge is 2.15. The standard InChI is InChI=1S/C17H26N2O3S/c1-3-14(2)19-23(20,21)13-15-7-6-8-16(11-15)18-12-17-9-4-5-10-22-17/h5-8,10-11,14,17-19H,3-4,9,12-13H2,1-2H3/t14-,17+/m1/s1. The summed E-state index contributed by atoms with van der Waals surface area (Å²) in [7, 11) is -3.31. The van der Waals surface area contributed by atoms with Gasteiger partial charge >= 0.3 is 0 Å². The third-order valence-corrected chi connectivity index (χ3v) is 5.31. The van der Waals surface area contributed by atoms with Gasteiger partial charge in [0.1, 0.15) is 6.10 Å². The summed E-state index contributed by atoms with van der Waals surface area (Å²) in [5.74, 6) is -0.00444. The topological polar surface area (TPSA) is 67.4 Å². The second-order valence-electron chi connectivity index (χ2n) is 5.97. The molecule has 1 aromatic rings. The van der Waals surface area contributed by atoms with E-state index in [-0.39, 0.29) is 17.9 Å². The molecule has 0 saturated carbocycles. The lowest BCUT2D eigenvalue weighted by Crippen LogP contribution is -2.33. The number of hydrogen-bond donors (Lipinski definition) is 2. The van der Waals surface area contributed by atoms with Gasteiger partial charge in [0.05, 0.1) is 18.6 Å². The van der Waals surface area contributed by atoms with E-state index < -0.39 is 10.0 Å². The number of allylic oxidation sites excluding steroid dienone is 1. The van der Waals surface area contributed by atoms with E-state index in [1.165, 1.54) is 0 Å².